The molecule has 1 aliphatic heterocycles. The van der Waals surface area contributed by atoms with Crippen LogP contribution in [0.3, 0.4) is 0 Å². The fourth-order valence-electron chi connectivity index (χ4n) is 2.35. The van der Waals surface area contributed by atoms with Crippen LogP contribution in [0.5, 0.6) is 0 Å². The van der Waals surface area contributed by atoms with Crippen LogP contribution in [0, 0.1) is 0 Å². The van der Waals surface area contributed by atoms with Gasteiger partial charge in [0.05, 0.1) is 13.2 Å². The first-order chi connectivity index (χ1) is 9.66. The third-order valence-corrected chi connectivity index (χ3v) is 8.42. The van der Waals surface area contributed by atoms with Crippen LogP contribution in [0.2, 0.25) is 0 Å². The summed E-state index contributed by atoms with van der Waals surface area (Å²) in [6, 6.07) is 0. The molecule has 0 saturated carbocycles. The third kappa shape index (κ3) is 3.16. The molecular weight excluding hydrogens is 318 g/mol. The smallest absolute Gasteiger partial charge is 0.310 e. The van der Waals surface area contributed by atoms with Crippen LogP contribution < -0.4 is 0 Å². The molecule has 1 rings (SSSR count). The second kappa shape index (κ2) is 6.57. The first-order valence-corrected chi connectivity index (χ1v) is 9.79. The van der Waals surface area contributed by atoms with E-state index in [0.717, 1.165) is 0 Å². The minimum absolute atomic E-state index is 0.0796. The van der Waals surface area contributed by atoms with Gasteiger partial charge in [-0.25, -0.2) is 0 Å². The van der Waals surface area contributed by atoms with Crippen molar-refractivity contribution in [1.29, 1.82) is 0 Å². The first-order valence-electron chi connectivity index (χ1n) is 6.71. The summed E-state index contributed by atoms with van der Waals surface area (Å²) < 4.78 is 46.3. The van der Waals surface area contributed by atoms with E-state index in [2.05, 4.69) is 10.2 Å². The molecule has 0 fully saturated rings. The molecule has 124 valence electrons. The highest BCUT2D eigenvalue weighted by atomic mass is 31.2. The minimum Gasteiger partial charge on any atom is -0.310 e. The predicted octanol–water partition coefficient (Wildman–Crippen LogP) is 4.03. The van der Waals surface area contributed by atoms with Gasteiger partial charge in [0.25, 0.3) is 0 Å². The summed E-state index contributed by atoms with van der Waals surface area (Å²) in [6.45, 7) is 7.07. The van der Waals surface area contributed by atoms with Crippen molar-refractivity contribution in [2.75, 3.05) is 27.4 Å². The van der Waals surface area contributed by atoms with E-state index in [0.29, 0.717) is 0 Å². The second-order valence-electron chi connectivity index (χ2n) is 5.01. The summed E-state index contributed by atoms with van der Waals surface area (Å²) in [7, 11) is -4.50. The van der Waals surface area contributed by atoms with E-state index in [-0.39, 0.29) is 19.6 Å². The van der Waals surface area contributed by atoms with Gasteiger partial charge in [0.2, 0.25) is 0 Å². The van der Waals surface area contributed by atoms with Gasteiger partial charge in [-0.3, -0.25) is 9.13 Å². The highest BCUT2D eigenvalue weighted by Crippen LogP contribution is 2.72. The Labute approximate surface area is 125 Å². The zero-order valence-electron chi connectivity index (χ0n) is 13.4. The van der Waals surface area contributed by atoms with Crippen molar-refractivity contribution in [3.63, 3.8) is 0 Å². The average Bonchev–Trinajstić information content (AvgIpc) is 2.77. The molecule has 0 aromatic carbocycles. The van der Waals surface area contributed by atoms with Crippen LogP contribution in [-0.2, 0) is 27.2 Å². The van der Waals surface area contributed by atoms with Crippen LogP contribution in [0.1, 0.15) is 34.1 Å². The minimum atomic E-state index is -3.54. The summed E-state index contributed by atoms with van der Waals surface area (Å²) in [5.74, 6) is 0. The Morgan fingerprint density at radius 2 is 1.29 bits per heavy atom. The molecule has 0 radical (unpaired) electrons. The number of rotatable bonds is 8. The lowest BCUT2D eigenvalue weighted by Crippen LogP contribution is -2.31. The van der Waals surface area contributed by atoms with E-state index >= 15 is 0 Å². The van der Waals surface area contributed by atoms with Crippen LogP contribution in [-0.4, -0.2) is 38.0 Å². The molecule has 1 aliphatic rings. The largest absolute Gasteiger partial charge is 0.359 e. The van der Waals surface area contributed by atoms with Crippen molar-refractivity contribution in [1.82, 2.24) is 0 Å². The average molecular weight is 342 g/mol. The summed E-state index contributed by atoms with van der Waals surface area (Å²) in [6.07, 6.45) is 0.0796. The lowest BCUT2D eigenvalue weighted by Gasteiger charge is -2.32. The lowest BCUT2D eigenvalue weighted by atomic mass is 10.1. The fourth-order valence-corrected chi connectivity index (χ4v) is 6.03. The van der Waals surface area contributed by atoms with Gasteiger partial charge in [0.1, 0.15) is 0 Å². The summed E-state index contributed by atoms with van der Waals surface area (Å²) in [5, 5.41) is 5.67. The number of azo groups is 1. The quantitative estimate of drug-likeness (QED) is 0.618. The van der Waals surface area contributed by atoms with Gasteiger partial charge < -0.3 is 18.1 Å². The van der Waals surface area contributed by atoms with Gasteiger partial charge >= 0.3 is 15.2 Å². The fraction of sp³-hybridized carbons (Fsp3) is 1.00. The van der Waals surface area contributed by atoms with E-state index in [1.165, 1.54) is 14.2 Å². The Morgan fingerprint density at radius 1 is 0.905 bits per heavy atom. The molecule has 0 aromatic heterocycles. The third-order valence-electron chi connectivity index (χ3n) is 3.41. The van der Waals surface area contributed by atoms with Gasteiger partial charge in [-0.05, 0) is 27.7 Å². The maximum absolute atomic E-state index is 13.0. The van der Waals surface area contributed by atoms with Crippen molar-refractivity contribution in [2.45, 2.75) is 44.7 Å². The normalized spacial score (nSPS) is 30.0. The zero-order valence-corrected chi connectivity index (χ0v) is 15.1. The number of hydrogen-bond donors (Lipinski definition) is 0. The molecule has 0 saturated heterocycles. The van der Waals surface area contributed by atoms with Crippen molar-refractivity contribution in [3.8, 4) is 0 Å². The molecule has 0 unspecified atom stereocenters. The van der Waals surface area contributed by atoms with Crippen molar-refractivity contribution in [3.05, 3.63) is 0 Å². The summed E-state index contributed by atoms with van der Waals surface area (Å²) in [5.41, 5.74) is 0. The van der Waals surface area contributed by atoms with E-state index in [1.807, 2.05) is 0 Å². The summed E-state index contributed by atoms with van der Waals surface area (Å²) >= 11 is 0. The Bertz CT molecular complexity index is 481. The Hall–Kier alpha value is -0.100. The van der Waals surface area contributed by atoms with E-state index in [1.54, 1.807) is 27.7 Å². The Kier molecular flexibility index (Phi) is 5.93. The molecule has 8 nitrogen and oxygen atoms in total. The van der Waals surface area contributed by atoms with Gasteiger partial charge in [-0.15, -0.1) is 0 Å². The molecular formula is C11H24N2O6P2. The van der Waals surface area contributed by atoms with E-state index in [4.69, 9.17) is 18.1 Å². The zero-order chi connectivity index (χ0) is 16.4. The molecule has 1 heterocycles. The number of hydrogen-bond acceptors (Lipinski definition) is 8. The van der Waals surface area contributed by atoms with E-state index in [9.17, 15) is 9.13 Å². The van der Waals surface area contributed by atoms with Crippen molar-refractivity contribution >= 4 is 15.2 Å². The SMILES string of the molecule is CCOP(=O)(OCC)[C@]1(C)C[C@@](C)(P(=O)(OC)OC)N=N1. The molecule has 0 spiro atoms. The van der Waals surface area contributed by atoms with Gasteiger partial charge in [0.15, 0.2) is 10.6 Å². The van der Waals surface area contributed by atoms with Crippen LogP contribution in [0.15, 0.2) is 10.2 Å². The highest BCUT2D eigenvalue weighted by molar-refractivity contribution is 7.57. The van der Waals surface area contributed by atoms with Gasteiger partial charge in [0, 0.05) is 20.6 Å². The molecule has 0 amide bonds. The van der Waals surface area contributed by atoms with Crippen LogP contribution in [0.4, 0.5) is 0 Å². The molecule has 10 heteroatoms. The van der Waals surface area contributed by atoms with Gasteiger partial charge in [-0.1, -0.05) is 0 Å². The number of nitrogens with zero attached hydrogens (tertiary/aromatic N) is 2. The van der Waals surface area contributed by atoms with E-state index < -0.39 is 25.8 Å². The monoisotopic (exact) mass is 342 g/mol. The molecule has 2 atom stereocenters. The molecule has 0 aromatic rings. The van der Waals surface area contributed by atoms with Crippen molar-refractivity contribution in [2.24, 2.45) is 10.2 Å². The topological polar surface area (TPSA) is 95.8 Å². The molecule has 0 N–H and O–H groups in total. The van der Waals surface area contributed by atoms with Crippen LogP contribution in [0.25, 0.3) is 0 Å². The first kappa shape index (κ1) is 18.9. The lowest BCUT2D eigenvalue weighted by molar-refractivity contribution is 0.195. The van der Waals surface area contributed by atoms with Crippen molar-refractivity contribution < 1.29 is 27.2 Å². The van der Waals surface area contributed by atoms with Gasteiger partial charge in [-0.2, -0.15) is 10.2 Å². The maximum atomic E-state index is 13.0. The Balaban J connectivity index is 3.17. The predicted molar refractivity (Wildman–Crippen MR) is 78.8 cm³/mol. The summed E-state index contributed by atoms with van der Waals surface area (Å²) in [4.78, 5) is 0. The highest BCUT2D eigenvalue weighted by Gasteiger charge is 2.62. The molecule has 0 aliphatic carbocycles. The van der Waals surface area contributed by atoms with Crippen LogP contribution >= 0.6 is 15.2 Å². The standard InChI is InChI=1S/C11H24N2O6P2/c1-7-18-21(15,19-8-2)11(4)9-10(3,12-13-11)20(14,16-5)17-6/h7-9H2,1-6H3/t10-,11-/m1/s1. The Morgan fingerprint density at radius 3 is 1.62 bits per heavy atom. The molecule has 0 bridgehead atoms. The molecule has 21 heavy (non-hydrogen) atoms. The maximum Gasteiger partial charge on any atom is 0.359 e. The second-order valence-corrected chi connectivity index (χ2v) is 10.2.